The van der Waals surface area contributed by atoms with Crippen molar-refractivity contribution >= 4 is 46.7 Å². The maximum absolute atomic E-state index is 12.3. The highest BCUT2D eigenvalue weighted by Gasteiger charge is 2.30. The molecule has 0 unspecified atom stereocenters. The Balaban J connectivity index is 1.76. The average Bonchev–Trinajstić information content (AvgIpc) is 2.93. The fourth-order valence-electron chi connectivity index (χ4n) is 2.53. The molecule has 3 rings (SSSR count). The third kappa shape index (κ3) is 3.67. The van der Waals surface area contributed by atoms with E-state index in [1.165, 1.54) is 6.07 Å². The second-order valence-corrected chi connectivity index (χ2v) is 6.26. The number of anilines is 1. The summed E-state index contributed by atoms with van der Waals surface area (Å²) in [5.74, 6) is -1.16. The molecule has 25 heavy (non-hydrogen) atoms. The van der Waals surface area contributed by atoms with Crippen molar-refractivity contribution < 1.29 is 19.1 Å². The van der Waals surface area contributed by atoms with Crippen molar-refractivity contribution in [1.82, 2.24) is 0 Å². The van der Waals surface area contributed by atoms with Crippen LogP contribution in [-0.2, 0) is 20.9 Å². The average molecular weight is 378 g/mol. The van der Waals surface area contributed by atoms with E-state index in [0.717, 1.165) is 4.90 Å². The fraction of sp³-hybridized carbons (Fsp3) is 0.167. The molecule has 0 spiro atoms. The first-order chi connectivity index (χ1) is 12.0. The molecule has 2 aromatic carbocycles. The molecule has 5 nitrogen and oxygen atoms in total. The Hall–Kier alpha value is -2.37. The molecule has 1 saturated heterocycles. The van der Waals surface area contributed by atoms with Crippen LogP contribution in [-0.4, -0.2) is 17.8 Å². The molecule has 2 aromatic rings. The van der Waals surface area contributed by atoms with Gasteiger partial charge in [0, 0.05) is 28.5 Å². The summed E-state index contributed by atoms with van der Waals surface area (Å²) in [6, 6.07) is 11.2. The van der Waals surface area contributed by atoms with Gasteiger partial charge in [-0.2, -0.15) is 0 Å². The molecule has 1 aliphatic rings. The van der Waals surface area contributed by atoms with Crippen LogP contribution in [0.1, 0.15) is 28.8 Å². The van der Waals surface area contributed by atoms with Crippen LogP contribution in [0.3, 0.4) is 0 Å². The third-order valence-corrected chi connectivity index (χ3v) is 4.51. The standard InChI is InChI=1S/C18H13Cl2NO4/c19-14-5-2-6-15(20)13(14)10-25-18(24)11-3-1-4-12(9-11)21-16(22)7-8-17(21)23/h1-6,9H,7-8,10H2. The van der Waals surface area contributed by atoms with Crippen molar-refractivity contribution in [2.45, 2.75) is 19.4 Å². The van der Waals surface area contributed by atoms with Crippen molar-refractivity contribution in [2.24, 2.45) is 0 Å². The monoisotopic (exact) mass is 377 g/mol. The van der Waals surface area contributed by atoms with E-state index in [1.807, 2.05) is 0 Å². The molecule has 0 radical (unpaired) electrons. The van der Waals surface area contributed by atoms with E-state index in [-0.39, 0.29) is 36.8 Å². The highest BCUT2D eigenvalue weighted by Crippen LogP contribution is 2.26. The van der Waals surface area contributed by atoms with Gasteiger partial charge in [0.25, 0.3) is 0 Å². The van der Waals surface area contributed by atoms with Crippen LogP contribution < -0.4 is 4.90 Å². The zero-order chi connectivity index (χ0) is 18.0. The fourth-order valence-corrected chi connectivity index (χ4v) is 3.03. The molecule has 0 aromatic heterocycles. The second-order valence-electron chi connectivity index (χ2n) is 5.45. The number of hydrogen-bond acceptors (Lipinski definition) is 4. The zero-order valence-electron chi connectivity index (χ0n) is 13.0. The Bertz CT molecular complexity index is 830. The van der Waals surface area contributed by atoms with E-state index in [4.69, 9.17) is 27.9 Å². The van der Waals surface area contributed by atoms with Gasteiger partial charge in [0.1, 0.15) is 6.61 Å². The van der Waals surface area contributed by atoms with Crippen molar-refractivity contribution in [2.75, 3.05) is 4.90 Å². The highest BCUT2D eigenvalue weighted by molar-refractivity contribution is 6.36. The number of carbonyl (C=O) groups excluding carboxylic acids is 3. The Morgan fingerprint density at radius 3 is 2.24 bits per heavy atom. The number of rotatable bonds is 4. The smallest absolute Gasteiger partial charge is 0.338 e. The molecule has 128 valence electrons. The number of carbonyl (C=O) groups is 3. The molecule has 2 amide bonds. The predicted octanol–water partition coefficient (Wildman–Crippen LogP) is 4.00. The summed E-state index contributed by atoms with van der Waals surface area (Å²) in [6.07, 6.45) is 0.358. The third-order valence-electron chi connectivity index (χ3n) is 3.80. The molecular formula is C18H13Cl2NO4. The molecule has 0 atom stereocenters. The Kier molecular flexibility index (Phi) is 5.06. The lowest BCUT2D eigenvalue weighted by molar-refractivity contribution is -0.121. The molecule has 7 heteroatoms. The van der Waals surface area contributed by atoms with Gasteiger partial charge >= 0.3 is 5.97 Å². The van der Waals surface area contributed by atoms with Gasteiger partial charge < -0.3 is 4.74 Å². The van der Waals surface area contributed by atoms with Crippen LogP contribution in [0.15, 0.2) is 42.5 Å². The van der Waals surface area contributed by atoms with Gasteiger partial charge in [0.05, 0.1) is 11.3 Å². The molecule has 0 bridgehead atoms. The lowest BCUT2D eigenvalue weighted by Gasteiger charge is -2.14. The van der Waals surface area contributed by atoms with E-state index in [2.05, 4.69) is 0 Å². The van der Waals surface area contributed by atoms with Crippen molar-refractivity contribution in [1.29, 1.82) is 0 Å². The van der Waals surface area contributed by atoms with Crippen LogP contribution in [0.2, 0.25) is 10.0 Å². The predicted molar refractivity (Wildman–Crippen MR) is 93.8 cm³/mol. The van der Waals surface area contributed by atoms with Crippen molar-refractivity contribution in [3.05, 3.63) is 63.6 Å². The summed E-state index contributed by atoms with van der Waals surface area (Å²) >= 11 is 12.1. The number of imide groups is 1. The first kappa shape index (κ1) is 17.5. The summed E-state index contributed by atoms with van der Waals surface area (Å²) in [5.41, 5.74) is 1.10. The Labute approximate surface area is 154 Å². The van der Waals surface area contributed by atoms with E-state index in [1.54, 1.807) is 36.4 Å². The molecule has 1 heterocycles. The Morgan fingerprint density at radius 2 is 1.60 bits per heavy atom. The molecule has 0 aliphatic carbocycles. The normalized spacial score (nSPS) is 14.1. The second kappa shape index (κ2) is 7.25. The van der Waals surface area contributed by atoms with Crippen LogP contribution in [0.25, 0.3) is 0 Å². The lowest BCUT2D eigenvalue weighted by Crippen LogP contribution is -2.28. The summed E-state index contributed by atoms with van der Waals surface area (Å²) in [5, 5.41) is 0.810. The minimum Gasteiger partial charge on any atom is -0.457 e. The van der Waals surface area contributed by atoms with Crippen molar-refractivity contribution in [3.8, 4) is 0 Å². The summed E-state index contributed by atoms with van der Waals surface area (Å²) in [7, 11) is 0. The van der Waals surface area contributed by atoms with Gasteiger partial charge in [-0.3, -0.25) is 14.5 Å². The molecule has 1 fully saturated rings. The number of benzene rings is 2. The van der Waals surface area contributed by atoms with Gasteiger partial charge in [-0.05, 0) is 30.3 Å². The number of ether oxygens (including phenoxy) is 1. The largest absolute Gasteiger partial charge is 0.457 e. The number of hydrogen-bond donors (Lipinski definition) is 0. The summed E-state index contributed by atoms with van der Waals surface area (Å²) in [6.45, 7) is -0.0802. The van der Waals surface area contributed by atoms with Crippen LogP contribution in [0.5, 0.6) is 0 Å². The Morgan fingerprint density at radius 1 is 1.00 bits per heavy atom. The first-order valence-corrected chi connectivity index (χ1v) is 8.29. The minimum atomic E-state index is -0.600. The van der Waals surface area contributed by atoms with E-state index >= 15 is 0 Å². The van der Waals surface area contributed by atoms with Gasteiger partial charge in [-0.25, -0.2) is 4.79 Å². The van der Waals surface area contributed by atoms with E-state index in [9.17, 15) is 14.4 Å². The van der Waals surface area contributed by atoms with Crippen LogP contribution >= 0.6 is 23.2 Å². The number of nitrogens with zero attached hydrogens (tertiary/aromatic N) is 1. The SMILES string of the molecule is O=C(OCc1c(Cl)cccc1Cl)c1cccc(N2C(=O)CCC2=O)c1. The van der Waals surface area contributed by atoms with Gasteiger partial charge in [0.15, 0.2) is 0 Å². The van der Waals surface area contributed by atoms with E-state index < -0.39 is 5.97 Å². The van der Waals surface area contributed by atoms with Crippen LogP contribution in [0, 0.1) is 0 Å². The molecule has 0 saturated carbocycles. The van der Waals surface area contributed by atoms with Gasteiger partial charge in [-0.1, -0.05) is 35.3 Å². The maximum atomic E-state index is 12.3. The lowest BCUT2D eigenvalue weighted by atomic mass is 10.2. The summed E-state index contributed by atoms with van der Waals surface area (Å²) < 4.78 is 5.25. The summed E-state index contributed by atoms with van der Waals surface area (Å²) in [4.78, 5) is 37.0. The minimum absolute atomic E-state index is 0.0802. The zero-order valence-corrected chi connectivity index (χ0v) is 14.5. The highest BCUT2D eigenvalue weighted by atomic mass is 35.5. The first-order valence-electron chi connectivity index (χ1n) is 7.53. The van der Waals surface area contributed by atoms with Crippen molar-refractivity contribution in [3.63, 3.8) is 0 Å². The van der Waals surface area contributed by atoms with E-state index in [0.29, 0.717) is 21.3 Å². The number of amides is 2. The molecular weight excluding hydrogens is 365 g/mol. The van der Waals surface area contributed by atoms with Gasteiger partial charge in [-0.15, -0.1) is 0 Å². The van der Waals surface area contributed by atoms with Gasteiger partial charge in [0.2, 0.25) is 11.8 Å². The topological polar surface area (TPSA) is 63.7 Å². The molecule has 0 N–H and O–H groups in total. The number of esters is 1. The van der Waals surface area contributed by atoms with Crippen LogP contribution in [0.4, 0.5) is 5.69 Å². The maximum Gasteiger partial charge on any atom is 0.338 e. The number of halogens is 2. The molecule has 1 aliphatic heterocycles. The quantitative estimate of drug-likeness (QED) is 0.596.